The van der Waals surface area contributed by atoms with Crippen molar-refractivity contribution in [2.75, 3.05) is 14.2 Å². The molecule has 2 heterocycles. The van der Waals surface area contributed by atoms with Crippen molar-refractivity contribution < 1.29 is 48.0 Å². The normalized spacial score (nSPS) is 31.8. The van der Waals surface area contributed by atoms with Gasteiger partial charge in [0.1, 0.15) is 28.2 Å². The number of Topliss-reactive ketones (excluding diaryl/α,β-unsaturated/α-hetero) is 1. The number of carbonyl (C=O) groups excluding carboxylic acids is 4. The number of fused-ring (bicyclic) bond motifs is 1. The molecule has 4 atom stereocenters. The summed E-state index contributed by atoms with van der Waals surface area (Å²) in [6.07, 6.45) is 7.11. The predicted octanol–water partition coefficient (Wildman–Crippen LogP) is 4.39. The third kappa shape index (κ3) is 3.34. The number of phenolic OH excluding ortho intramolecular Hbond substituents is 1. The van der Waals surface area contributed by atoms with Crippen molar-refractivity contribution >= 4 is 35.3 Å². The molecule has 214 valence electrons. The Hall–Kier alpha value is -3.53. The first-order valence-corrected chi connectivity index (χ1v) is 13.6. The van der Waals surface area contributed by atoms with Gasteiger partial charge in [-0.05, 0) is 55.5 Å². The molecular weight excluding hydrogens is 544 g/mol. The number of phenols is 1. The van der Waals surface area contributed by atoms with Gasteiger partial charge in [-0.1, -0.05) is 32.6 Å². The van der Waals surface area contributed by atoms with Crippen LogP contribution in [0.5, 0.6) is 11.5 Å². The minimum Gasteiger partial charge on any atom is -0.507 e. The fourth-order valence-electron chi connectivity index (χ4n) is 6.57. The lowest BCUT2D eigenvalue weighted by molar-refractivity contribution is -0.245. The van der Waals surface area contributed by atoms with Crippen molar-refractivity contribution in [1.29, 1.82) is 0 Å². The van der Waals surface area contributed by atoms with Gasteiger partial charge in [-0.15, -0.1) is 11.6 Å². The highest BCUT2D eigenvalue weighted by atomic mass is 35.5. The van der Waals surface area contributed by atoms with Crippen molar-refractivity contribution in [3.63, 3.8) is 0 Å². The highest BCUT2D eigenvalue weighted by molar-refractivity contribution is 6.42. The number of halogens is 1. The van der Waals surface area contributed by atoms with Gasteiger partial charge >= 0.3 is 23.7 Å². The number of alkyl halides is 1. The largest absolute Gasteiger partial charge is 0.507 e. The number of methoxy groups -OCH3 is 2. The fraction of sp³-hybridized carbons (Fsp3) is 0.517. The van der Waals surface area contributed by atoms with Crippen LogP contribution in [-0.2, 0) is 33.3 Å². The van der Waals surface area contributed by atoms with Gasteiger partial charge in [0.15, 0.2) is 10.3 Å². The maximum atomic E-state index is 14.7. The van der Waals surface area contributed by atoms with E-state index in [0.29, 0.717) is 24.0 Å². The van der Waals surface area contributed by atoms with Crippen LogP contribution in [0.15, 0.2) is 35.8 Å². The first kappa shape index (κ1) is 28.0. The molecule has 0 aromatic heterocycles. The summed E-state index contributed by atoms with van der Waals surface area (Å²) >= 11 is 7.24. The molecule has 10 nitrogen and oxygen atoms in total. The van der Waals surface area contributed by atoms with Crippen LogP contribution in [0, 0.1) is 17.8 Å². The third-order valence-corrected chi connectivity index (χ3v) is 9.17. The van der Waals surface area contributed by atoms with Crippen LogP contribution in [0.2, 0.25) is 0 Å². The number of hydrogen-bond acceptors (Lipinski definition) is 10. The Kier molecular flexibility index (Phi) is 6.68. The van der Waals surface area contributed by atoms with E-state index in [1.165, 1.54) is 31.6 Å². The standard InChI is InChI=1S/C29H31ClO10/c1-5-6-7-8-9-10-17-14-38-25(35)27(17)15-26(24(34)37-4)13-20(36-3)28(27,30)23(33)29(26)39-19-12-16(2)11-18(31)21(19)22(32)40-29/h11-14,31H,5-10,15H2,1-4H3/t26-,27-,28+,29-/m0/s1. The number of ether oxygens (including phenoxy) is 5. The molecule has 3 aliphatic carbocycles. The monoisotopic (exact) mass is 574 g/mol. The third-order valence-electron chi connectivity index (χ3n) is 8.49. The van der Waals surface area contributed by atoms with Crippen LogP contribution in [0.3, 0.4) is 0 Å². The van der Waals surface area contributed by atoms with Crippen molar-refractivity contribution in [3.05, 3.63) is 46.9 Å². The van der Waals surface area contributed by atoms with Gasteiger partial charge in [-0.3, -0.25) is 14.4 Å². The molecule has 1 fully saturated rings. The predicted molar refractivity (Wildman–Crippen MR) is 139 cm³/mol. The van der Waals surface area contributed by atoms with Crippen molar-refractivity contribution in [3.8, 4) is 11.5 Å². The van der Waals surface area contributed by atoms with E-state index in [2.05, 4.69) is 6.92 Å². The first-order chi connectivity index (χ1) is 19.0. The summed E-state index contributed by atoms with van der Waals surface area (Å²) in [5.41, 5.74) is -3.43. The molecule has 5 aliphatic rings. The van der Waals surface area contributed by atoms with Gasteiger partial charge in [-0.25, -0.2) is 4.79 Å². The van der Waals surface area contributed by atoms with Crippen LogP contribution in [0.25, 0.3) is 0 Å². The summed E-state index contributed by atoms with van der Waals surface area (Å²) < 4.78 is 27.9. The van der Waals surface area contributed by atoms with E-state index >= 15 is 0 Å². The summed E-state index contributed by atoms with van der Waals surface area (Å²) in [5.74, 6) is -7.49. The summed E-state index contributed by atoms with van der Waals surface area (Å²) in [7, 11) is 2.36. The summed E-state index contributed by atoms with van der Waals surface area (Å²) in [6, 6.07) is 2.76. The molecular formula is C29H31ClO10. The molecule has 0 saturated heterocycles. The van der Waals surface area contributed by atoms with Crippen molar-refractivity contribution in [2.24, 2.45) is 10.8 Å². The molecule has 0 radical (unpaired) electrons. The lowest BCUT2D eigenvalue weighted by atomic mass is 9.46. The Bertz CT molecular complexity index is 1380. The number of allylic oxidation sites excluding steroid dienone is 1. The fourth-order valence-corrected chi connectivity index (χ4v) is 7.09. The number of cyclic esters (lactones) is 1. The van der Waals surface area contributed by atoms with Crippen LogP contribution in [0.1, 0.15) is 67.8 Å². The number of aryl methyl sites for hydroxylation is 1. The van der Waals surface area contributed by atoms with E-state index in [1.54, 1.807) is 6.92 Å². The lowest BCUT2D eigenvalue weighted by Crippen LogP contribution is -2.80. The van der Waals surface area contributed by atoms with E-state index in [-0.39, 0.29) is 17.1 Å². The highest BCUT2D eigenvalue weighted by Crippen LogP contribution is 2.71. The number of ketones is 1. The van der Waals surface area contributed by atoms with Gasteiger partial charge in [0, 0.05) is 0 Å². The molecule has 0 unspecified atom stereocenters. The zero-order chi connectivity index (χ0) is 29.1. The number of esters is 3. The van der Waals surface area contributed by atoms with Gasteiger partial charge < -0.3 is 28.8 Å². The number of rotatable bonds is 8. The molecule has 40 heavy (non-hydrogen) atoms. The van der Waals surface area contributed by atoms with E-state index in [0.717, 1.165) is 32.8 Å². The minimum atomic E-state index is -2.66. The number of benzene rings is 1. The molecule has 2 aliphatic heterocycles. The molecule has 1 aromatic rings. The number of aromatic hydroxyl groups is 1. The van der Waals surface area contributed by atoms with E-state index in [9.17, 15) is 24.3 Å². The van der Waals surface area contributed by atoms with E-state index in [4.69, 9.17) is 35.3 Å². The van der Waals surface area contributed by atoms with Crippen LogP contribution < -0.4 is 4.74 Å². The Morgan fingerprint density at radius 3 is 2.50 bits per heavy atom. The highest BCUT2D eigenvalue weighted by Gasteiger charge is 2.88. The van der Waals surface area contributed by atoms with Gasteiger partial charge in [0.05, 0.1) is 20.5 Å². The second-order valence-electron chi connectivity index (χ2n) is 10.7. The van der Waals surface area contributed by atoms with Crippen LogP contribution in [-0.4, -0.2) is 53.7 Å². The maximum absolute atomic E-state index is 14.7. The zero-order valence-corrected chi connectivity index (χ0v) is 23.5. The number of carbonyl (C=O) groups is 4. The summed E-state index contributed by atoms with van der Waals surface area (Å²) in [6.45, 7) is 3.75. The van der Waals surface area contributed by atoms with Crippen LogP contribution in [0.4, 0.5) is 0 Å². The van der Waals surface area contributed by atoms with Gasteiger partial charge in [-0.2, -0.15) is 0 Å². The quantitative estimate of drug-likeness (QED) is 0.206. The average Bonchev–Trinajstić information content (AvgIpc) is 3.22. The second kappa shape index (κ2) is 9.54. The molecule has 11 heteroatoms. The van der Waals surface area contributed by atoms with Gasteiger partial charge in [0.2, 0.25) is 5.78 Å². The van der Waals surface area contributed by atoms with Crippen molar-refractivity contribution in [1.82, 2.24) is 0 Å². The summed E-state index contributed by atoms with van der Waals surface area (Å²) in [5, 5.41) is 10.4. The Balaban J connectivity index is 1.71. The Morgan fingerprint density at radius 2 is 1.82 bits per heavy atom. The first-order valence-electron chi connectivity index (χ1n) is 13.2. The van der Waals surface area contributed by atoms with Gasteiger partial charge in [0.25, 0.3) is 0 Å². The molecule has 0 amide bonds. The molecule has 1 aromatic carbocycles. The van der Waals surface area contributed by atoms with E-state index < -0.39 is 57.4 Å². The average molecular weight is 575 g/mol. The lowest BCUT2D eigenvalue weighted by Gasteiger charge is -2.61. The van der Waals surface area contributed by atoms with E-state index in [1.807, 2.05) is 0 Å². The molecule has 6 rings (SSSR count). The smallest absolute Gasteiger partial charge is 0.349 e. The van der Waals surface area contributed by atoms with Crippen molar-refractivity contribution in [2.45, 2.75) is 69.5 Å². The Morgan fingerprint density at radius 1 is 1.10 bits per heavy atom. The minimum absolute atomic E-state index is 0.180. The second-order valence-corrected chi connectivity index (χ2v) is 11.3. The molecule has 2 spiro atoms. The van der Waals surface area contributed by atoms with Crippen LogP contribution >= 0.6 is 11.6 Å². The SMILES string of the molecule is CCCCCCCC1=COC(=O)[C@]12C[C@]1(C(=O)OC)C=C(OC)[C@@]2(Cl)C(=O)[C@]12OC(=O)c1c(O)cc(C)cc1O2. The topological polar surface area (TPSA) is 135 Å². The Labute approximate surface area is 236 Å². The summed E-state index contributed by atoms with van der Waals surface area (Å²) in [4.78, 5) is 53.2. The molecule has 1 N–H and O–H groups in total. The zero-order valence-electron chi connectivity index (χ0n) is 22.8. The number of unbranched alkanes of at least 4 members (excludes halogenated alkanes) is 4. The molecule has 1 saturated carbocycles. The number of hydrogen-bond donors (Lipinski definition) is 1. The maximum Gasteiger partial charge on any atom is 0.349 e. The molecule has 2 bridgehead atoms.